The van der Waals surface area contributed by atoms with Gasteiger partial charge in [0.2, 0.25) is 0 Å². The van der Waals surface area contributed by atoms with Crippen molar-refractivity contribution in [2.45, 2.75) is 28.5 Å². The highest BCUT2D eigenvalue weighted by molar-refractivity contribution is 7.99. The summed E-state index contributed by atoms with van der Waals surface area (Å²) >= 11 is 1.06. The molecular formula is C17H14N4O6S2. The van der Waals surface area contributed by atoms with Crippen molar-refractivity contribution in [1.82, 2.24) is 9.19 Å². The van der Waals surface area contributed by atoms with Crippen LogP contribution >= 0.6 is 11.8 Å². The number of hydrogen-bond donors (Lipinski definition) is 0. The largest absolute Gasteiger partial charge is 0.283 e. The van der Waals surface area contributed by atoms with Crippen LogP contribution in [0.2, 0.25) is 0 Å². The lowest BCUT2D eigenvalue weighted by atomic mass is 10.3. The third-order valence-corrected chi connectivity index (χ3v) is 7.07. The summed E-state index contributed by atoms with van der Waals surface area (Å²) in [6.45, 7) is 3.14. The monoisotopic (exact) mass is 434 g/mol. The van der Waals surface area contributed by atoms with Crippen LogP contribution in [0, 0.1) is 34.1 Å². The molecule has 12 heteroatoms. The molecule has 29 heavy (non-hydrogen) atoms. The molecule has 0 aliphatic carbocycles. The van der Waals surface area contributed by atoms with Gasteiger partial charge in [-0.15, -0.1) is 0 Å². The van der Waals surface area contributed by atoms with Crippen LogP contribution in [-0.4, -0.2) is 27.5 Å². The minimum absolute atomic E-state index is 0.0951. The van der Waals surface area contributed by atoms with Gasteiger partial charge in [-0.1, -0.05) is 23.9 Å². The molecule has 0 unspecified atom stereocenters. The van der Waals surface area contributed by atoms with Crippen LogP contribution in [-0.2, 0) is 10.0 Å². The maximum Gasteiger partial charge on any atom is 0.283 e. The summed E-state index contributed by atoms with van der Waals surface area (Å²) in [4.78, 5) is 21.5. The Bertz CT molecular complexity index is 1220. The van der Waals surface area contributed by atoms with Crippen LogP contribution in [0.15, 0.2) is 63.2 Å². The molecule has 0 saturated heterocycles. The minimum atomic E-state index is -4.10. The van der Waals surface area contributed by atoms with Gasteiger partial charge in [-0.2, -0.15) is 17.6 Å². The minimum Gasteiger partial charge on any atom is -0.258 e. The van der Waals surface area contributed by atoms with E-state index in [-0.39, 0.29) is 22.0 Å². The second-order valence-electron chi connectivity index (χ2n) is 5.93. The van der Waals surface area contributed by atoms with E-state index in [1.165, 1.54) is 6.07 Å². The molecule has 0 N–H and O–H groups in total. The highest BCUT2D eigenvalue weighted by Crippen LogP contribution is 2.38. The predicted molar refractivity (Wildman–Crippen MR) is 105 cm³/mol. The lowest BCUT2D eigenvalue weighted by Crippen LogP contribution is -2.16. The van der Waals surface area contributed by atoms with E-state index in [4.69, 9.17) is 0 Å². The molecule has 1 heterocycles. The third-order valence-electron chi connectivity index (χ3n) is 4.03. The number of nitro benzene ring substituents is 2. The van der Waals surface area contributed by atoms with Crippen molar-refractivity contribution < 1.29 is 18.3 Å². The topological polar surface area (TPSA) is 138 Å². The molecule has 0 aliphatic heterocycles. The Morgan fingerprint density at radius 1 is 0.966 bits per heavy atom. The molecule has 1 aromatic heterocycles. The van der Waals surface area contributed by atoms with Gasteiger partial charge >= 0.3 is 0 Å². The molecule has 0 saturated carbocycles. The maximum atomic E-state index is 12.9. The summed E-state index contributed by atoms with van der Waals surface area (Å²) in [7, 11) is -4.10. The van der Waals surface area contributed by atoms with Gasteiger partial charge in [-0.25, -0.2) is 0 Å². The second-order valence-corrected chi connectivity index (χ2v) is 8.75. The summed E-state index contributed by atoms with van der Waals surface area (Å²) in [5, 5.41) is 26.1. The number of nitrogens with zero attached hydrogens (tertiary/aromatic N) is 4. The van der Waals surface area contributed by atoms with Crippen LogP contribution in [0.1, 0.15) is 11.4 Å². The number of aromatic nitrogens is 2. The van der Waals surface area contributed by atoms with Crippen molar-refractivity contribution in [2.24, 2.45) is 0 Å². The van der Waals surface area contributed by atoms with E-state index in [1.807, 2.05) is 0 Å². The number of rotatable bonds is 6. The van der Waals surface area contributed by atoms with E-state index in [1.54, 1.807) is 32.0 Å². The van der Waals surface area contributed by atoms with Gasteiger partial charge in [0.05, 0.1) is 35.9 Å². The summed E-state index contributed by atoms with van der Waals surface area (Å²) in [6, 6.07) is 10.6. The molecule has 0 spiro atoms. The van der Waals surface area contributed by atoms with E-state index in [0.29, 0.717) is 15.5 Å². The van der Waals surface area contributed by atoms with Gasteiger partial charge in [0.15, 0.2) is 0 Å². The van der Waals surface area contributed by atoms with Gasteiger partial charge < -0.3 is 0 Å². The van der Waals surface area contributed by atoms with E-state index >= 15 is 0 Å². The van der Waals surface area contributed by atoms with Gasteiger partial charge in [-0.05, 0) is 32.0 Å². The Balaban J connectivity index is 2.03. The quantitative estimate of drug-likeness (QED) is 0.423. The number of non-ortho nitro benzene ring substituents is 1. The summed E-state index contributed by atoms with van der Waals surface area (Å²) < 4.78 is 26.7. The first kappa shape index (κ1) is 20.5. The molecule has 0 radical (unpaired) electrons. The number of benzene rings is 2. The van der Waals surface area contributed by atoms with Crippen LogP contribution in [0.25, 0.3) is 0 Å². The first-order chi connectivity index (χ1) is 13.6. The van der Waals surface area contributed by atoms with Gasteiger partial charge in [-0.3, -0.25) is 20.2 Å². The van der Waals surface area contributed by atoms with Crippen LogP contribution < -0.4 is 0 Å². The predicted octanol–water partition coefficient (Wildman–Crippen LogP) is 3.70. The first-order valence-corrected chi connectivity index (χ1v) is 10.4. The molecule has 0 amide bonds. The van der Waals surface area contributed by atoms with Crippen molar-refractivity contribution in [3.05, 3.63) is 80.1 Å². The van der Waals surface area contributed by atoms with E-state index in [0.717, 1.165) is 40.1 Å². The van der Waals surface area contributed by atoms with Crippen molar-refractivity contribution in [3.63, 3.8) is 0 Å². The molecule has 0 bridgehead atoms. The lowest BCUT2D eigenvalue weighted by Gasteiger charge is -2.07. The zero-order valence-electron chi connectivity index (χ0n) is 15.2. The maximum absolute atomic E-state index is 12.9. The number of aryl methyl sites for hydroxylation is 1. The SMILES string of the molecule is Cc1nn(S(=O)(=O)c2ccc([N+](=O)[O-])cc2)c(C)c1Sc1ccccc1[N+](=O)[O-]. The zero-order chi connectivity index (χ0) is 21.3. The first-order valence-electron chi connectivity index (χ1n) is 8.10. The Morgan fingerprint density at radius 2 is 1.59 bits per heavy atom. The van der Waals surface area contributed by atoms with Crippen LogP contribution in [0.4, 0.5) is 11.4 Å². The van der Waals surface area contributed by atoms with E-state index in [9.17, 15) is 28.6 Å². The summed E-state index contributed by atoms with van der Waals surface area (Å²) in [5.74, 6) is 0. The molecule has 0 atom stereocenters. The van der Waals surface area contributed by atoms with Gasteiger partial charge in [0.25, 0.3) is 21.4 Å². The Hall–Kier alpha value is -3.25. The Labute approximate surface area is 169 Å². The fraction of sp³-hybridized carbons (Fsp3) is 0.118. The number of hydrogen-bond acceptors (Lipinski definition) is 8. The molecule has 150 valence electrons. The van der Waals surface area contributed by atoms with Crippen LogP contribution in [0.5, 0.6) is 0 Å². The lowest BCUT2D eigenvalue weighted by molar-refractivity contribution is -0.387. The fourth-order valence-corrected chi connectivity index (χ4v) is 5.09. The van der Waals surface area contributed by atoms with Crippen molar-refractivity contribution >= 4 is 33.2 Å². The number of nitro groups is 2. The zero-order valence-corrected chi connectivity index (χ0v) is 16.8. The summed E-state index contributed by atoms with van der Waals surface area (Å²) in [6.07, 6.45) is 0. The molecular weight excluding hydrogens is 420 g/mol. The molecule has 0 aliphatic rings. The van der Waals surface area contributed by atoms with E-state index in [2.05, 4.69) is 5.10 Å². The smallest absolute Gasteiger partial charge is 0.258 e. The van der Waals surface area contributed by atoms with Crippen molar-refractivity contribution in [3.8, 4) is 0 Å². The molecule has 0 fully saturated rings. The van der Waals surface area contributed by atoms with Crippen LogP contribution in [0.3, 0.4) is 0 Å². The average molecular weight is 434 g/mol. The molecule has 10 nitrogen and oxygen atoms in total. The Morgan fingerprint density at radius 3 is 2.17 bits per heavy atom. The van der Waals surface area contributed by atoms with E-state index < -0.39 is 19.9 Å². The summed E-state index contributed by atoms with van der Waals surface area (Å²) in [5.41, 5.74) is 0.340. The number of para-hydroxylation sites is 1. The van der Waals surface area contributed by atoms with Crippen molar-refractivity contribution in [2.75, 3.05) is 0 Å². The van der Waals surface area contributed by atoms with Gasteiger partial charge in [0.1, 0.15) is 0 Å². The molecule has 3 aromatic rings. The third kappa shape index (κ3) is 3.84. The standard InChI is InChI=1S/C17H14N4O6S2/c1-11-17(28-16-6-4-3-5-15(16)21(24)25)12(2)19(18-11)29(26,27)14-9-7-13(8-10-14)20(22)23/h3-10H,1-2H3. The highest BCUT2D eigenvalue weighted by Gasteiger charge is 2.26. The highest BCUT2D eigenvalue weighted by atomic mass is 32.2. The average Bonchev–Trinajstić information content (AvgIpc) is 2.97. The van der Waals surface area contributed by atoms with Crippen molar-refractivity contribution in [1.29, 1.82) is 0 Å². The van der Waals surface area contributed by atoms with Gasteiger partial charge in [0, 0.05) is 18.2 Å². The fourth-order valence-electron chi connectivity index (χ4n) is 2.63. The second kappa shape index (κ2) is 7.64. The molecule has 2 aromatic carbocycles. The Kier molecular flexibility index (Phi) is 5.40. The normalized spacial score (nSPS) is 11.4. The molecule has 3 rings (SSSR count).